The van der Waals surface area contributed by atoms with E-state index in [0.717, 1.165) is 9.86 Å². The lowest BCUT2D eigenvalue weighted by Gasteiger charge is -1.97. The molecule has 2 rings (SSSR count). The molecule has 0 aliphatic heterocycles. The fraction of sp³-hybridized carbons (Fsp3) is 0.125. The number of carbonyl (C=O) groups excluding carboxylic acids is 1. The van der Waals surface area contributed by atoms with Crippen molar-refractivity contribution in [1.29, 1.82) is 0 Å². The first-order valence-electron chi connectivity index (χ1n) is 3.89. The fourth-order valence-corrected chi connectivity index (χ4v) is 1.54. The Balaban J connectivity index is 2.56. The molecule has 0 fully saturated rings. The molecule has 0 spiro atoms. The summed E-state index contributed by atoms with van der Waals surface area (Å²) in [5.74, 6) is 0.561. The molecule has 0 atom stereocenters. The standard InChI is InChI=1S/C8H7IN4O/c1-12-5-10-8(7(12)4-14)13-3-6(9)2-11-13/h2-5H,1H3. The van der Waals surface area contributed by atoms with E-state index in [2.05, 4.69) is 32.7 Å². The Bertz CT molecular complexity index is 473. The van der Waals surface area contributed by atoms with E-state index in [1.54, 1.807) is 28.8 Å². The number of imidazole rings is 1. The van der Waals surface area contributed by atoms with E-state index in [0.29, 0.717) is 11.5 Å². The molecule has 0 radical (unpaired) electrons. The molecule has 2 aromatic rings. The molecule has 0 amide bonds. The smallest absolute Gasteiger partial charge is 0.182 e. The molecule has 2 aromatic heterocycles. The summed E-state index contributed by atoms with van der Waals surface area (Å²) in [5, 5.41) is 4.08. The molecule has 5 nitrogen and oxygen atoms in total. The SMILES string of the molecule is Cn1cnc(-n2cc(I)cn2)c1C=O. The molecular weight excluding hydrogens is 295 g/mol. The quantitative estimate of drug-likeness (QED) is 0.615. The van der Waals surface area contributed by atoms with Gasteiger partial charge in [0.25, 0.3) is 0 Å². The first-order valence-corrected chi connectivity index (χ1v) is 4.97. The number of rotatable bonds is 2. The van der Waals surface area contributed by atoms with Gasteiger partial charge in [0.05, 0.1) is 16.1 Å². The summed E-state index contributed by atoms with van der Waals surface area (Å²) in [4.78, 5) is 14.9. The van der Waals surface area contributed by atoms with Crippen LogP contribution in [0.4, 0.5) is 0 Å². The van der Waals surface area contributed by atoms with E-state index in [4.69, 9.17) is 0 Å². The van der Waals surface area contributed by atoms with Crippen molar-refractivity contribution in [3.8, 4) is 5.82 Å². The third kappa shape index (κ3) is 1.45. The van der Waals surface area contributed by atoms with E-state index >= 15 is 0 Å². The zero-order valence-corrected chi connectivity index (χ0v) is 9.54. The number of hydrogen-bond donors (Lipinski definition) is 0. The van der Waals surface area contributed by atoms with Crippen molar-refractivity contribution in [2.45, 2.75) is 0 Å². The summed E-state index contributed by atoms with van der Waals surface area (Å²) >= 11 is 2.15. The van der Waals surface area contributed by atoms with E-state index in [-0.39, 0.29) is 0 Å². The van der Waals surface area contributed by atoms with Crippen LogP contribution >= 0.6 is 22.6 Å². The lowest BCUT2D eigenvalue weighted by Crippen LogP contribution is -2.01. The molecule has 0 unspecified atom stereocenters. The first-order chi connectivity index (χ1) is 6.72. The Morgan fingerprint density at radius 3 is 2.93 bits per heavy atom. The van der Waals surface area contributed by atoms with Crippen molar-refractivity contribution < 1.29 is 4.79 Å². The van der Waals surface area contributed by atoms with Crippen molar-refractivity contribution in [2.24, 2.45) is 7.05 Å². The molecule has 0 saturated heterocycles. The predicted molar refractivity (Wildman–Crippen MR) is 58.4 cm³/mol. The number of aryl methyl sites for hydroxylation is 1. The molecule has 0 aliphatic carbocycles. The van der Waals surface area contributed by atoms with Gasteiger partial charge in [-0.05, 0) is 22.6 Å². The lowest BCUT2D eigenvalue weighted by atomic mass is 10.4. The fourth-order valence-electron chi connectivity index (χ4n) is 1.16. The van der Waals surface area contributed by atoms with Crippen molar-refractivity contribution >= 4 is 28.9 Å². The Morgan fingerprint density at radius 1 is 1.57 bits per heavy atom. The molecular formula is C8H7IN4O. The first kappa shape index (κ1) is 9.38. The summed E-state index contributed by atoms with van der Waals surface area (Å²) in [6, 6.07) is 0. The van der Waals surface area contributed by atoms with E-state index in [1.807, 2.05) is 6.20 Å². The Kier molecular flexibility index (Phi) is 2.36. The molecule has 2 heterocycles. The Labute approximate surface area is 93.9 Å². The van der Waals surface area contributed by atoms with Crippen LogP contribution in [0.25, 0.3) is 5.82 Å². The van der Waals surface area contributed by atoms with Crippen LogP contribution in [0.2, 0.25) is 0 Å². The molecule has 0 N–H and O–H groups in total. The van der Waals surface area contributed by atoms with Gasteiger partial charge in [0, 0.05) is 13.2 Å². The van der Waals surface area contributed by atoms with Gasteiger partial charge in [0.15, 0.2) is 12.1 Å². The van der Waals surface area contributed by atoms with Crippen LogP contribution in [0.15, 0.2) is 18.7 Å². The second-order valence-corrected chi connectivity index (χ2v) is 4.03. The van der Waals surface area contributed by atoms with Crippen molar-refractivity contribution in [1.82, 2.24) is 19.3 Å². The highest BCUT2D eigenvalue weighted by atomic mass is 127. The van der Waals surface area contributed by atoms with Crippen LogP contribution in [-0.4, -0.2) is 25.6 Å². The van der Waals surface area contributed by atoms with Crippen LogP contribution < -0.4 is 0 Å². The topological polar surface area (TPSA) is 52.7 Å². The van der Waals surface area contributed by atoms with E-state index in [9.17, 15) is 4.79 Å². The number of aromatic nitrogens is 4. The third-order valence-electron chi connectivity index (χ3n) is 1.84. The molecule has 0 saturated carbocycles. The summed E-state index contributed by atoms with van der Waals surface area (Å²) < 4.78 is 4.26. The van der Waals surface area contributed by atoms with Crippen molar-refractivity contribution in [3.05, 3.63) is 28.0 Å². The number of carbonyl (C=O) groups is 1. The van der Waals surface area contributed by atoms with Gasteiger partial charge in [-0.15, -0.1) is 0 Å². The maximum atomic E-state index is 10.8. The second kappa shape index (κ2) is 3.52. The van der Waals surface area contributed by atoms with Crippen LogP contribution in [0.1, 0.15) is 10.5 Å². The molecule has 6 heteroatoms. The van der Waals surface area contributed by atoms with Crippen LogP contribution in [-0.2, 0) is 7.05 Å². The van der Waals surface area contributed by atoms with Gasteiger partial charge in [-0.2, -0.15) is 5.10 Å². The summed E-state index contributed by atoms with van der Waals surface area (Å²) in [5.41, 5.74) is 0.518. The molecule has 72 valence electrons. The van der Waals surface area contributed by atoms with E-state index < -0.39 is 0 Å². The lowest BCUT2D eigenvalue weighted by molar-refractivity contribution is 0.111. The van der Waals surface area contributed by atoms with Gasteiger partial charge in [0.2, 0.25) is 0 Å². The molecule has 0 aromatic carbocycles. The largest absolute Gasteiger partial charge is 0.330 e. The number of nitrogens with zero attached hydrogens (tertiary/aromatic N) is 4. The van der Waals surface area contributed by atoms with Crippen molar-refractivity contribution in [3.63, 3.8) is 0 Å². The third-order valence-corrected chi connectivity index (χ3v) is 2.40. The minimum Gasteiger partial charge on any atom is -0.330 e. The number of hydrogen-bond acceptors (Lipinski definition) is 3. The normalized spacial score (nSPS) is 10.4. The summed E-state index contributed by atoms with van der Waals surface area (Å²) in [6.45, 7) is 0. The monoisotopic (exact) mass is 302 g/mol. The number of aldehydes is 1. The van der Waals surface area contributed by atoms with E-state index in [1.165, 1.54) is 0 Å². The highest BCUT2D eigenvalue weighted by Gasteiger charge is 2.10. The average molecular weight is 302 g/mol. The predicted octanol–water partition coefficient (Wildman–Crippen LogP) is 1.02. The zero-order valence-electron chi connectivity index (χ0n) is 7.38. The minimum absolute atomic E-state index is 0.518. The Morgan fingerprint density at radius 2 is 2.36 bits per heavy atom. The minimum atomic E-state index is 0.518. The molecule has 0 aliphatic rings. The highest BCUT2D eigenvalue weighted by Crippen LogP contribution is 2.11. The van der Waals surface area contributed by atoms with Gasteiger partial charge in [0.1, 0.15) is 5.69 Å². The summed E-state index contributed by atoms with van der Waals surface area (Å²) in [6.07, 6.45) is 5.89. The Hall–Kier alpha value is -1.18. The summed E-state index contributed by atoms with van der Waals surface area (Å²) in [7, 11) is 1.77. The van der Waals surface area contributed by atoms with Crippen LogP contribution in [0.5, 0.6) is 0 Å². The van der Waals surface area contributed by atoms with Gasteiger partial charge in [-0.25, -0.2) is 9.67 Å². The second-order valence-electron chi connectivity index (χ2n) is 2.79. The van der Waals surface area contributed by atoms with Gasteiger partial charge in [-0.3, -0.25) is 4.79 Å². The van der Waals surface area contributed by atoms with Crippen LogP contribution in [0, 0.1) is 3.57 Å². The molecule has 14 heavy (non-hydrogen) atoms. The zero-order chi connectivity index (χ0) is 10.1. The van der Waals surface area contributed by atoms with Crippen molar-refractivity contribution in [2.75, 3.05) is 0 Å². The van der Waals surface area contributed by atoms with Gasteiger partial charge < -0.3 is 4.57 Å². The number of halogens is 1. The maximum Gasteiger partial charge on any atom is 0.182 e. The van der Waals surface area contributed by atoms with Crippen LogP contribution in [0.3, 0.4) is 0 Å². The molecule has 0 bridgehead atoms. The maximum absolute atomic E-state index is 10.8. The van der Waals surface area contributed by atoms with Gasteiger partial charge >= 0.3 is 0 Å². The van der Waals surface area contributed by atoms with Gasteiger partial charge in [-0.1, -0.05) is 0 Å². The average Bonchev–Trinajstić information content (AvgIpc) is 2.71. The highest BCUT2D eigenvalue weighted by molar-refractivity contribution is 14.1.